The third-order valence-electron chi connectivity index (χ3n) is 1.46. The van der Waals surface area contributed by atoms with Crippen LogP contribution < -0.4 is 4.18 Å². The van der Waals surface area contributed by atoms with E-state index in [9.17, 15) is 13.2 Å². The van der Waals surface area contributed by atoms with Crippen LogP contribution in [0.1, 0.15) is 10.4 Å². The summed E-state index contributed by atoms with van der Waals surface area (Å²) in [6, 6.07) is 6.03. The number of hydrogen-bond donors (Lipinski definition) is 0. The van der Waals surface area contributed by atoms with Crippen LogP contribution in [0.15, 0.2) is 36.3 Å². The van der Waals surface area contributed by atoms with Gasteiger partial charge in [0.25, 0.3) is 0 Å². The lowest BCUT2D eigenvalue weighted by atomic mass is 10.2. The third-order valence-corrected chi connectivity index (χ3v) is 2.28. The lowest BCUT2D eigenvalue weighted by molar-refractivity contribution is 0.112. The van der Waals surface area contributed by atoms with Crippen molar-refractivity contribution in [3.05, 3.63) is 41.8 Å². The zero-order valence-corrected chi connectivity index (χ0v) is 8.03. The molecule has 0 unspecified atom stereocenters. The number of carbonyl (C=O) groups excluding carboxylic acids is 1. The second-order valence-corrected chi connectivity index (χ2v) is 3.88. The van der Waals surface area contributed by atoms with Gasteiger partial charge in [-0.2, -0.15) is 8.42 Å². The lowest BCUT2D eigenvalue weighted by Gasteiger charge is -2.04. The predicted octanol–water partition coefficient (Wildman–Crippen LogP) is 1.35. The molecule has 0 fully saturated rings. The molecule has 0 radical (unpaired) electrons. The maximum absolute atomic E-state index is 11.0. The Hall–Kier alpha value is -1.62. The van der Waals surface area contributed by atoms with E-state index in [0.717, 1.165) is 0 Å². The van der Waals surface area contributed by atoms with Gasteiger partial charge in [-0.05, 0) is 12.1 Å². The Morgan fingerprint density at radius 2 is 1.93 bits per heavy atom. The highest BCUT2D eigenvalue weighted by Crippen LogP contribution is 2.17. The maximum atomic E-state index is 11.0. The topological polar surface area (TPSA) is 60.4 Å². The average Bonchev–Trinajstić information content (AvgIpc) is 2.18. The first-order chi connectivity index (χ1) is 6.59. The summed E-state index contributed by atoms with van der Waals surface area (Å²) in [7, 11) is -3.80. The molecule has 0 heterocycles. The highest BCUT2D eigenvalue weighted by molar-refractivity contribution is 7.90. The summed E-state index contributed by atoms with van der Waals surface area (Å²) in [4.78, 5) is 10.5. The van der Waals surface area contributed by atoms with Crippen LogP contribution in [0.2, 0.25) is 0 Å². The van der Waals surface area contributed by atoms with E-state index >= 15 is 0 Å². The van der Waals surface area contributed by atoms with E-state index in [0.29, 0.717) is 11.7 Å². The second-order valence-electron chi connectivity index (χ2n) is 2.40. The second kappa shape index (κ2) is 4.06. The minimum atomic E-state index is -3.80. The fourth-order valence-electron chi connectivity index (χ4n) is 0.813. The molecule has 1 aromatic carbocycles. The monoisotopic (exact) mass is 212 g/mol. The highest BCUT2D eigenvalue weighted by atomic mass is 32.2. The molecule has 5 heteroatoms. The predicted molar refractivity (Wildman–Crippen MR) is 51.6 cm³/mol. The summed E-state index contributed by atoms with van der Waals surface area (Å²) in [6.45, 7) is 3.08. The van der Waals surface area contributed by atoms with Crippen molar-refractivity contribution in [3.63, 3.8) is 0 Å². The van der Waals surface area contributed by atoms with Gasteiger partial charge >= 0.3 is 10.1 Å². The number of aldehydes is 1. The molecular formula is C9H8O4S. The quantitative estimate of drug-likeness (QED) is 0.558. The summed E-state index contributed by atoms with van der Waals surface area (Å²) in [5.41, 5.74) is 0.179. The zero-order chi connectivity index (χ0) is 10.6. The Balaban J connectivity index is 3.09. The molecule has 0 amide bonds. The maximum Gasteiger partial charge on any atom is 0.331 e. The molecule has 0 N–H and O–H groups in total. The molecule has 1 rings (SSSR count). The molecule has 0 aliphatic carbocycles. The van der Waals surface area contributed by atoms with Gasteiger partial charge in [-0.25, -0.2) is 0 Å². The molecule has 4 nitrogen and oxygen atoms in total. The smallest absolute Gasteiger partial charge is 0.331 e. The Labute approximate surface area is 81.9 Å². The van der Waals surface area contributed by atoms with Crippen LogP contribution in [0, 0.1) is 0 Å². The summed E-state index contributed by atoms with van der Waals surface area (Å²) < 4.78 is 26.6. The van der Waals surface area contributed by atoms with Gasteiger partial charge in [0, 0.05) is 0 Å². The largest absolute Gasteiger partial charge is 0.379 e. The fourth-order valence-corrected chi connectivity index (χ4v) is 1.28. The van der Waals surface area contributed by atoms with Crippen molar-refractivity contribution in [1.29, 1.82) is 0 Å². The van der Waals surface area contributed by atoms with Gasteiger partial charge in [0.2, 0.25) is 0 Å². The molecule has 74 valence electrons. The molecule has 0 spiro atoms. The van der Waals surface area contributed by atoms with Crippen molar-refractivity contribution in [2.45, 2.75) is 0 Å². The van der Waals surface area contributed by atoms with Gasteiger partial charge in [-0.3, -0.25) is 4.79 Å². The molecule has 0 saturated carbocycles. The minimum Gasteiger partial charge on any atom is -0.379 e. The van der Waals surface area contributed by atoms with Crippen molar-refractivity contribution >= 4 is 16.4 Å². The van der Waals surface area contributed by atoms with E-state index in [1.807, 2.05) is 0 Å². The third kappa shape index (κ3) is 2.43. The van der Waals surface area contributed by atoms with Crippen LogP contribution in [0.3, 0.4) is 0 Å². The highest BCUT2D eigenvalue weighted by Gasteiger charge is 2.09. The van der Waals surface area contributed by atoms with Gasteiger partial charge in [0.15, 0.2) is 12.0 Å². The minimum absolute atomic E-state index is 0.00222. The van der Waals surface area contributed by atoms with E-state index < -0.39 is 10.1 Å². The van der Waals surface area contributed by atoms with E-state index in [1.54, 1.807) is 12.1 Å². The van der Waals surface area contributed by atoms with Crippen molar-refractivity contribution in [2.75, 3.05) is 0 Å². The molecule has 0 bridgehead atoms. The summed E-state index contributed by atoms with van der Waals surface area (Å²) in [5.74, 6) is 0.00222. The number of para-hydroxylation sites is 1. The van der Waals surface area contributed by atoms with Gasteiger partial charge in [0.05, 0.1) is 11.0 Å². The average molecular weight is 212 g/mol. The molecule has 14 heavy (non-hydrogen) atoms. The molecule has 1 aromatic rings. The molecule has 0 aromatic heterocycles. The molecular weight excluding hydrogens is 204 g/mol. The molecule has 0 aliphatic heterocycles. The first-order valence-corrected chi connectivity index (χ1v) is 5.17. The van der Waals surface area contributed by atoms with Crippen LogP contribution in [0.5, 0.6) is 5.75 Å². The SMILES string of the molecule is C=CS(=O)(=O)Oc1ccccc1C=O. The van der Waals surface area contributed by atoms with Crippen LogP contribution >= 0.6 is 0 Å². The Kier molecular flexibility index (Phi) is 3.03. The normalized spacial score (nSPS) is 10.6. The van der Waals surface area contributed by atoms with Crippen LogP contribution in [-0.4, -0.2) is 14.7 Å². The number of carbonyl (C=O) groups is 1. The van der Waals surface area contributed by atoms with Crippen molar-refractivity contribution in [2.24, 2.45) is 0 Å². The van der Waals surface area contributed by atoms with Crippen molar-refractivity contribution < 1.29 is 17.4 Å². The Bertz CT molecular complexity index is 448. The number of rotatable bonds is 4. The van der Waals surface area contributed by atoms with E-state index in [2.05, 4.69) is 10.8 Å². The van der Waals surface area contributed by atoms with Crippen LogP contribution in [0.4, 0.5) is 0 Å². The van der Waals surface area contributed by atoms with Gasteiger partial charge in [0.1, 0.15) is 0 Å². The van der Waals surface area contributed by atoms with Gasteiger partial charge in [-0.15, -0.1) is 0 Å². The van der Waals surface area contributed by atoms with E-state index in [-0.39, 0.29) is 11.3 Å². The van der Waals surface area contributed by atoms with Gasteiger partial charge in [-0.1, -0.05) is 18.7 Å². The summed E-state index contributed by atoms with van der Waals surface area (Å²) >= 11 is 0. The molecule has 0 aliphatic rings. The number of hydrogen-bond acceptors (Lipinski definition) is 4. The van der Waals surface area contributed by atoms with Crippen LogP contribution in [-0.2, 0) is 10.1 Å². The van der Waals surface area contributed by atoms with E-state index in [4.69, 9.17) is 0 Å². The fraction of sp³-hybridized carbons (Fsp3) is 0. The summed E-state index contributed by atoms with van der Waals surface area (Å²) in [5, 5.41) is 0.675. The Morgan fingerprint density at radius 3 is 2.50 bits per heavy atom. The zero-order valence-electron chi connectivity index (χ0n) is 7.21. The van der Waals surface area contributed by atoms with Gasteiger partial charge < -0.3 is 4.18 Å². The lowest BCUT2D eigenvalue weighted by Crippen LogP contribution is -2.06. The van der Waals surface area contributed by atoms with Crippen LogP contribution in [0.25, 0.3) is 0 Å². The van der Waals surface area contributed by atoms with Crippen molar-refractivity contribution in [1.82, 2.24) is 0 Å². The molecule has 0 atom stereocenters. The molecule has 0 saturated heterocycles. The van der Waals surface area contributed by atoms with Crippen molar-refractivity contribution in [3.8, 4) is 5.75 Å². The standard InChI is InChI=1S/C9H8O4S/c1-2-14(11,12)13-9-6-4-3-5-8(9)7-10/h2-7H,1H2. The Morgan fingerprint density at radius 1 is 1.29 bits per heavy atom. The first-order valence-electron chi connectivity index (χ1n) is 3.70. The summed E-state index contributed by atoms with van der Waals surface area (Å²) in [6.07, 6.45) is 0.522. The number of benzene rings is 1. The first kappa shape index (κ1) is 10.5. The van der Waals surface area contributed by atoms with E-state index in [1.165, 1.54) is 12.1 Å².